The second-order valence-electron chi connectivity index (χ2n) is 7.15. The first-order valence-electron chi connectivity index (χ1n) is 9.77. The number of hydrogen-bond donors (Lipinski definition) is 3. The summed E-state index contributed by atoms with van der Waals surface area (Å²) in [6.07, 6.45) is 6.28. The Labute approximate surface area is 163 Å². The molecule has 0 aliphatic carbocycles. The minimum atomic E-state index is -0.0522. The van der Waals surface area contributed by atoms with Gasteiger partial charge in [-0.15, -0.1) is 0 Å². The summed E-state index contributed by atoms with van der Waals surface area (Å²) in [5.74, 6) is 1.36. The van der Waals surface area contributed by atoms with Gasteiger partial charge in [-0.25, -0.2) is 19.9 Å². The first kappa shape index (κ1) is 18.7. The van der Waals surface area contributed by atoms with Gasteiger partial charge < -0.3 is 15.4 Å². The number of hydrogen-bond acceptors (Lipinski definition) is 8. The molecule has 28 heavy (non-hydrogen) atoms. The number of aromatic nitrogens is 4. The molecule has 3 N–H and O–H groups in total. The van der Waals surface area contributed by atoms with Crippen LogP contribution in [-0.2, 0) is 9.53 Å². The number of amides is 1. The summed E-state index contributed by atoms with van der Waals surface area (Å²) < 4.78 is 5.39. The van der Waals surface area contributed by atoms with Gasteiger partial charge in [0.1, 0.15) is 0 Å². The molecule has 1 atom stereocenters. The molecular weight excluding hydrogens is 358 g/mol. The molecule has 2 fully saturated rings. The zero-order chi connectivity index (χ0) is 19.2. The van der Waals surface area contributed by atoms with Gasteiger partial charge in [0.05, 0.1) is 17.3 Å². The summed E-state index contributed by atoms with van der Waals surface area (Å²) in [4.78, 5) is 29.7. The van der Waals surface area contributed by atoms with Crippen LogP contribution in [0, 0.1) is 11.8 Å². The number of anilines is 2. The SMILES string of the molecule is O=C(Nc1nccc(-c2ccnc(NCC3CCOCC3)n2)n1)C1CCNC1. The lowest BCUT2D eigenvalue weighted by atomic mass is 10.0. The number of carbonyl (C=O) groups excluding carboxylic acids is 1. The van der Waals surface area contributed by atoms with Crippen LogP contribution in [0.5, 0.6) is 0 Å². The van der Waals surface area contributed by atoms with Gasteiger partial charge in [0.2, 0.25) is 17.8 Å². The highest BCUT2D eigenvalue weighted by atomic mass is 16.5. The van der Waals surface area contributed by atoms with Crippen LogP contribution in [-0.4, -0.2) is 58.7 Å². The third-order valence-electron chi connectivity index (χ3n) is 5.13. The standard InChI is InChI=1S/C19H25N7O2/c27-17(14-1-6-20-12-14)26-19-22-8-3-16(25-19)15-2-7-21-18(24-15)23-11-13-4-9-28-10-5-13/h2-3,7-8,13-14,20H,1,4-6,9-12H2,(H,21,23,24)(H,22,25,26,27). The molecular formula is C19H25N7O2. The number of carbonyl (C=O) groups is 1. The van der Waals surface area contributed by atoms with Gasteiger partial charge in [0.15, 0.2) is 0 Å². The first-order valence-corrected chi connectivity index (χ1v) is 9.77. The fourth-order valence-electron chi connectivity index (χ4n) is 3.42. The minimum absolute atomic E-state index is 0.0349. The quantitative estimate of drug-likeness (QED) is 0.684. The van der Waals surface area contributed by atoms with Crippen molar-refractivity contribution in [3.05, 3.63) is 24.5 Å². The van der Waals surface area contributed by atoms with E-state index in [0.717, 1.165) is 45.6 Å². The van der Waals surface area contributed by atoms with Gasteiger partial charge in [-0.3, -0.25) is 10.1 Å². The Balaban J connectivity index is 1.41. The Kier molecular flexibility index (Phi) is 6.03. The Morgan fingerprint density at radius 2 is 1.79 bits per heavy atom. The van der Waals surface area contributed by atoms with Crippen molar-refractivity contribution in [3.63, 3.8) is 0 Å². The van der Waals surface area contributed by atoms with E-state index in [4.69, 9.17) is 4.74 Å². The predicted octanol–water partition coefficient (Wildman–Crippen LogP) is 1.32. The summed E-state index contributed by atoms with van der Waals surface area (Å²) >= 11 is 0. The molecule has 0 bridgehead atoms. The lowest BCUT2D eigenvalue weighted by Crippen LogP contribution is -2.25. The van der Waals surface area contributed by atoms with Crippen molar-refractivity contribution < 1.29 is 9.53 Å². The van der Waals surface area contributed by atoms with Gasteiger partial charge in [-0.2, -0.15) is 0 Å². The van der Waals surface area contributed by atoms with E-state index < -0.39 is 0 Å². The third-order valence-corrected chi connectivity index (χ3v) is 5.13. The molecule has 0 aromatic carbocycles. The topological polar surface area (TPSA) is 114 Å². The number of ether oxygens (including phenoxy) is 1. The van der Waals surface area contributed by atoms with Crippen LogP contribution in [0.2, 0.25) is 0 Å². The van der Waals surface area contributed by atoms with Gasteiger partial charge in [-0.05, 0) is 43.9 Å². The van der Waals surface area contributed by atoms with E-state index in [2.05, 4.69) is 35.9 Å². The Morgan fingerprint density at radius 1 is 1.07 bits per heavy atom. The number of rotatable bonds is 6. The van der Waals surface area contributed by atoms with Crippen molar-refractivity contribution in [2.24, 2.45) is 11.8 Å². The zero-order valence-electron chi connectivity index (χ0n) is 15.7. The van der Waals surface area contributed by atoms with Crippen molar-refractivity contribution in [1.29, 1.82) is 0 Å². The molecule has 0 radical (unpaired) electrons. The first-order chi connectivity index (χ1) is 13.8. The van der Waals surface area contributed by atoms with Crippen molar-refractivity contribution in [2.45, 2.75) is 19.3 Å². The molecule has 4 heterocycles. The highest BCUT2D eigenvalue weighted by Crippen LogP contribution is 2.19. The maximum absolute atomic E-state index is 12.3. The van der Waals surface area contributed by atoms with Crippen molar-refractivity contribution in [2.75, 3.05) is 43.5 Å². The summed E-state index contributed by atoms with van der Waals surface area (Å²) in [5.41, 5.74) is 1.33. The summed E-state index contributed by atoms with van der Waals surface area (Å²) in [7, 11) is 0. The maximum Gasteiger partial charge on any atom is 0.231 e. The average molecular weight is 383 g/mol. The van der Waals surface area contributed by atoms with E-state index in [0.29, 0.717) is 35.7 Å². The number of nitrogens with zero attached hydrogens (tertiary/aromatic N) is 4. The zero-order valence-corrected chi connectivity index (χ0v) is 15.7. The highest BCUT2D eigenvalue weighted by molar-refractivity contribution is 5.91. The smallest absolute Gasteiger partial charge is 0.231 e. The van der Waals surface area contributed by atoms with E-state index in [1.807, 2.05) is 0 Å². The van der Waals surface area contributed by atoms with Crippen molar-refractivity contribution in [3.8, 4) is 11.4 Å². The van der Waals surface area contributed by atoms with E-state index in [9.17, 15) is 4.79 Å². The fraction of sp³-hybridized carbons (Fsp3) is 0.526. The van der Waals surface area contributed by atoms with Gasteiger partial charge in [0, 0.05) is 38.7 Å². The molecule has 0 spiro atoms. The summed E-state index contributed by atoms with van der Waals surface area (Å²) in [6, 6.07) is 3.58. The molecule has 0 saturated carbocycles. The van der Waals surface area contributed by atoms with Crippen LogP contribution < -0.4 is 16.0 Å². The number of nitrogens with one attached hydrogen (secondary N) is 3. The minimum Gasteiger partial charge on any atom is -0.381 e. The maximum atomic E-state index is 12.3. The van der Waals surface area contributed by atoms with Crippen LogP contribution in [0.25, 0.3) is 11.4 Å². The van der Waals surface area contributed by atoms with Crippen LogP contribution in [0.1, 0.15) is 19.3 Å². The van der Waals surface area contributed by atoms with Gasteiger partial charge in [-0.1, -0.05) is 0 Å². The van der Waals surface area contributed by atoms with Crippen LogP contribution in [0.15, 0.2) is 24.5 Å². The van der Waals surface area contributed by atoms with Gasteiger partial charge in [0.25, 0.3) is 0 Å². The van der Waals surface area contributed by atoms with E-state index >= 15 is 0 Å². The highest BCUT2D eigenvalue weighted by Gasteiger charge is 2.23. The molecule has 9 heteroatoms. The predicted molar refractivity (Wildman–Crippen MR) is 105 cm³/mol. The molecule has 1 amide bonds. The Morgan fingerprint density at radius 3 is 2.50 bits per heavy atom. The van der Waals surface area contributed by atoms with E-state index in [1.54, 1.807) is 24.5 Å². The third kappa shape index (κ3) is 4.79. The second-order valence-corrected chi connectivity index (χ2v) is 7.15. The Bertz CT molecular complexity index is 804. The van der Waals surface area contributed by atoms with Crippen molar-refractivity contribution in [1.82, 2.24) is 25.3 Å². The van der Waals surface area contributed by atoms with E-state index in [-0.39, 0.29) is 11.8 Å². The molecule has 2 aliphatic rings. The summed E-state index contributed by atoms with van der Waals surface area (Å²) in [5, 5.41) is 9.30. The largest absolute Gasteiger partial charge is 0.381 e. The second kappa shape index (κ2) is 9.03. The monoisotopic (exact) mass is 383 g/mol. The molecule has 1 unspecified atom stereocenters. The van der Waals surface area contributed by atoms with Gasteiger partial charge >= 0.3 is 0 Å². The van der Waals surface area contributed by atoms with Crippen LogP contribution >= 0.6 is 0 Å². The molecule has 2 saturated heterocycles. The molecule has 2 aliphatic heterocycles. The van der Waals surface area contributed by atoms with E-state index in [1.165, 1.54) is 0 Å². The molecule has 2 aromatic heterocycles. The fourth-order valence-corrected chi connectivity index (χ4v) is 3.42. The lowest BCUT2D eigenvalue weighted by Gasteiger charge is -2.22. The molecule has 4 rings (SSSR count). The average Bonchev–Trinajstić information content (AvgIpc) is 3.29. The molecule has 2 aromatic rings. The van der Waals surface area contributed by atoms with Crippen LogP contribution in [0.3, 0.4) is 0 Å². The molecule has 148 valence electrons. The Hall–Kier alpha value is -2.65. The van der Waals surface area contributed by atoms with Crippen LogP contribution in [0.4, 0.5) is 11.9 Å². The lowest BCUT2D eigenvalue weighted by molar-refractivity contribution is -0.119. The molecule has 9 nitrogen and oxygen atoms in total. The van der Waals surface area contributed by atoms with Crippen molar-refractivity contribution >= 4 is 17.8 Å². The normalized spacial score (nSPS) is 20.1. The summed E-state index contributed by atoms with van der Waals surface area (Å²) in [6.45, 7) is 4.02.